The van der Waals surface area contributed by atoms with E-state index in [1.165, 1.54) is 17.0 Å². The van der Waals surface area contributed by atoms with Crippen molar-refractivity contribution in [2.24, 2.45) is 11.8 Å². The third-order valence-corrected chi connectivity index (χ3v) is 8.56. The van der Waals surface area contributed by atoms with Gasteiger partial charge in [-0.15, -0.1) is 0 Å². The number of Topliss-reactive ketones (excluding diaryl/α,β-unsaturated/α-hetero) is 1. The summed E-state index contributed by atoms with van der Waals surface area (Å²) in [5, 5.41) is 1.16. The van der Waals surface area contributed by atoms with Gasteiger partial charge in [0.2, 0.25) is 17.6 Å². The molecule has 2 heterocycles. The first-order valence-corrected chi connectivity index (χ1v) is 14.5. The highest BCUT2D eigenvalue weighted by molar-refractivity contribution is 6.37. The molecule has 1 aromatic heterocycles. The number of rotatable bonds is 6. The number of carbonyl (C=O) groups excluding carboxylic acids is 4. The molecule has 0 unspecified atom stereocenters. The second-order valence-electron chi connectivity index (χ2n) is 10.8. The minimum absolute atomic E-state index is 0.129. The number of fused-ring (bicyclic) bond motifs is 2. The number of hydrogen-bond acceptors (Lipinski definition) is 6. The van der Waals surface area contributed by atoms with Gasteiger partial charge in [0, 0.05) is 21.5 Å². The number of benzene rings is 3. The smallest absolute Gasteiger partial charge is 0.339 e. The van der Waals surface area contributed by atoms with Gasteiger partial charge < -0.3 is 4.74 Å². The fourth-order valence-electron chi connectivity index (χ4n) is 5.86. The summed E-state index contributed by atoms with van der Waals surface area (Å²) in [6.07, 6.45) is 3.44. The molecule has 7 nitrogen and oxygen atoms in total. The second kappa shape index (κ2) is 11.3. The molecular formula is C33H26Cl2N2O5. The number of esters is 1. The molecule has 212 valence electrons. The van der Waals surface area contributed by atoms with E-state index in [-0.39, 0.29) is 39.8 Å². The minimum Gasteiger partial charge on any atom is -0.454 e. The number of nitrogens with zero attached hydrogens (tertiary/aromatic N) is 2. The van der Waals surface area contributed by atoms with Crippen LogP contribution >= 0.6 is 23.2 Å². The van der Waals surface area contributed by atoms with Gasteiger partial charge >= 0.3 is 5.97 Å². The van der Waals surface area contributed by atoms with Crippen molar-refractivity contribution in [2.45, 2.75) is 32.6 Å². The molecule has 2 fully saturated rings. The molecule has 6 rings (SSSR count). The Morgan fingerprint density at radius 1 is 0.881 bits per heavy atom. The zero-order valence-electron chi connectivity index (χ0n) is 22.7. The molecule has 2 atom stereocenters. The molecule has 0 radical (unpaired) electrons. The topological polar surface area (TPSA) is 93.6 Å². The summed E-state index contributed by atoms with van der Waals surface area (Å²) in [5.74, 6) is -1.85. The van der Waals surface area contributed by atoms with Gasteiger partial charge in [0.1, 0.15) is 0 Å². The lowest BCUT2D eigenvalue weighted by atomic mass is 9.81. The predicted molar refractivity (Wildman–Crippen MR) is 161 cm³/mol. The molecule has 1 aliphatic carbocycles. The summed E-state index contributed by atoms with van der Waals surface area (Å²) in [7, 11) is 0. The van der Waals surface area contributed by atoms with Crippen LogP contribution in [0.3, 0.4) is 0 Å². The van der Waals surface area contributed by atoms with Gasteiger partial charge in [0.15, 0.2) is 6.61 Å². The SMILES string of the molecule is Cc1ccc2nc(-c3ccc(N4C(=O)[C@H]5CCCC[C@H]5C4=O)cc3)cc(C(=O)OCC(=O)c3ccc(Cl)cc3Cl)c2c1. The molecule has 42 heavy (non-hydrogen) atoms. The van der Waals surface area contributed by atoms with Crippen LogP contribution in [0.15, 0.2) is 66.7 Å². The standard InChI is InChI=1S/C33H26Cl2N2O5/c1-18-6-13-28-25(14-18)26(33(41)42-17-30(38)24-12-9-20(34)15-27(24)35)16-29(36-28)19-7-10-21(11-8-19)37-31(39)22-4-2-3-5-23(22)32(37)40/h6-16,22-23H,2-5,17H2,1H3/t22-,23+. The summed E-state index contributed by atoms with van der Waals surface area (Å²) in [4.78, 5) is 58.2. The number of aromatic nitrogens is 1. The fourth-order valence-corrected chi connectivity index (χ4v) is 6.37. The van der Waals surface area contributed by atoms with Crippen LogP contribution in [0.2, 0.25) is 10.0 Å². The van der Waals surface area contributed by atoms with Crippen LogP contribution in [0.4, 0.5) is 5.69 Å². The van der Waals surface area contributed by atoms with E-state index in [0.29, 0.717) is 32.9 Å². The largest absolute Gasteiger partial charge is 0.454 e. The van der Waals surface area contributed by atoms with E-state index in [9.17, 15) is 19.2 Å². The average molecular weight is 601 g/mol. The van der Waals surface area contributed by atoms with Crippen molar-refractivity contribution in [3.63, 3.8) is 0 Å². The molecule has 4 aromatic rings. The zero-order chi connectivity index (χ0) is 29.5. The van der Waals surface area contributed by atoms with E-state index in [2.05, 4.69) is 0 Å². The van der Waals surface area contributed by atoms with E-state index in [1.54, 1.807) is 36.4 Å². The molecule has 0 N–H and O–H groups in total. The Hall–Kier alpha value is -4.07. The van der Waals surface area contributed by atoms with Crippen molar-refractivity contribution in [3.05, 3.63) is 93.5 Å². The first kappa shape index (κ1) is 28.1. The number of ketones is 1. The van der Waals surface area contributed by atoms with Gasteiger partial charge in [0.25, 0.3) is 0 Å². The summed E-state index contributed by atoms with van der Waals surface area (Å²) in [5.41, 5.74) is 3.69. The average Bonchev–Trinajstić information content (AvgIpc) is 3.24. The van der Waals surface area contributed by atoms with Gasteiger partial charge in [-0.1, -0.05) is 59.8 Å². The maximum atomic E-state index is 13.3. The highest BCUT2D eigenvalue weighted by atomic mass is 35.5. The number of ether oxygens (including phenoxy) is 1. The first-order valence-electron chi connectivity index (χ1n) is 13.8. The van der Waals surface area contributed by atoms with Crippen molar-refractivity contribution in [3.8, 4) is 11.3 Å². The summed E-state index contributed by atoms with van der Waals surface area (Å²) in [6, 6.07) is 18.7. The maximum Gasteiger partial charge on any atom is 0.339 e. The lowest BCUT2D eigenvalue weighted by molar-refractivity contribution is -0.122. The van der Waals surface area contributed by atoms with Crippen LogP contribution < -0.4 is 4.90 Å². The summed E-state index contributed by atoms with van der Waals surface area (Å²) >= 11 is 12.1. The van der Waals surface area contributed by atoms with E-state index in [4.69, 9.17) is 32.9 Å². The monoisotopic (exact) mass is 600 g/mol. The Morgan fingerprint density at radius 2 is 1.57 bits per heavy atom. The number of pyridine rings is 1. The van der Waals surface area contributed by atoms with Crippen LogP contribution in [0.1, 0.15) is 52.0 Å². The minimum atomic E-state index is -0.680. The van der Waals surface area contributed by atoms with Gasteiger partial charge in [-0.05, 0) is 68.3 Å². The third-order valence-electron chi connectivity index (χ3n) is 8.01. The fraction of sp³-hybridized carbons (Fsp3) is 0.242. The third kappa shape index (κ3) is 5.19. The van der Waals surface area contributed by atoms with E-state index in [0.717, 1.165) is 31.2 Å². The number of imide groups is 1. The molecule has 2 aliphatic rings. The summed E-state index contributed by atoms with van der Waals surface area (Å²) in [6.45, 7) is 1.41. The van der Waals surface area contributed by atoms with Gasteiger partial charge in [-0.25, -0.2) is 9.78 Å². The summed E-state index contributed by atoms with van der Waals surface area (Å²) < 4.78 is 5.44. The van der Waals surface area contributed by atoms with Gasteiger partial charge in [-0.2, -0.15) is 0 Å². The van der Waals surface area contributed by atoms with Crippen molar-refractivity contribution in [2.75, 3.05) is 11.5 Å². The molecule has 3 aromatic carbocycles. The second-order valence-corrected chi connectivity index (χ2v) is 11.6. The Bertz CT molecular complexity index is 1740. The van der Waals surface area contributed by atoms with E-state index in [1.807, 2.05) is 25.1 Å². The van der Waals surface area contributed by atoms with Crippen LogP contribution in [-0.2, 0) is 14.3 Å². The normalized spacial score (nSPS) is 18.3. The predicted octanol–water partition coefficient (Wildman–Crippen LogP) is 7.24. The number of amides is 2. The quantitative estimate of drug-likeness (QED) is 0.131. The molecule has 0 bridgehead atoms. The van der Waals surface area contributed by atoms with E-state index >= 15 is 0 Å². The van der Waals surface area contributed by atoms with Crippen molar-refractivity contribution < 1.29 is 23.9 Å². The molecular weight excluding hydrogens is 575 g/mol. The molecule has 9 heteroatoms. The van der Waals surface area contributed by atoms with Crippen LogP contribution in [0, 0.1) is 18.8 Å². The van der Waals surface area contributed by atoms with Crippen LogP contribution in [-0.4, -0.2) is 35.2 Å². The first-order chi connectivity index (χ1) is 20.2. The lowest BCUT2D eigenvalue weighted by Gasteiger charge is -2.19. The molecule has 1 saturated heterocycles. The zero-order valence-corrected chi connectivity index (χ0v) is 24.2. The number of carbonyl (C=O) groups is 4. The number of anilines is 1. The van der Waals surface area contributed by atoms with Crippen LogP contribution in [0.25, 0.3) is 22.2 Å². The molecule has 2 amide bonds. The number of hydrogen-bond donors (Lipinski definition) is 0. The maximum absolute atomic E-state index is 13.3. The Kier molecular flexibility index (Phi) is 7.56. The van der Waals surface area contributed by atoms with Gasteiger partial charge in [-0.3, -0.25) is 19.3 Å². The Labute approximate surface area is 252 Å². The molecule has 0 spiro atoms. The Balaban J connectivity index is 1.28. The highest BCUT2D eigenvalue weighted by Crippen LogP contribution is 2.40. The number of halogens is 2. The molecule has 1 aliphatic heterocycles. The van der Waals surface area contributed by atoms with Crippen molar-refractivity contribution >= 4 is 63.4 Å². The van der Waals surface area contributed by atoms with Gasteiger partial charge in [0.05, 0.1) is 39.3 Å². The lowest BCUT2D eigenvalue weighted by Crippen LogP contribution is -2.30. The van der Waals surface area contributed by atoms with Crippen LogP contribution in [0.5, 0.6) is 0 Å². The van der Waals surface area contributed by atoms with E-state index < -0.39 is 18.4 Å². The highest BCUT2D eigenvalue weighted by Gasteiger charge is 2.48. The number of aryl methyl sites for hydroxylation is 1. The van der Waals surface area contributed by atoms with Crippen molar-refractivity contribution in [1.29, 1.82) is 0 Å². The van der Waals surface area contributed by atoms with Crippen molar-refractivity contribution in [1.82, 2.24) is 4.98 Å². The Morgan fingerprint density at radius 3 is 2.24 bits per heavy atom. The molecule has 1 saturated carbocycles.